The second kappa shape index (κ2) is 6.32. The number of hydrogen-bond acceptors (Lipinski definition) is 2. The number of rotatable bonds is 4. The maximum atomic E-state index is 11.6. The third kappa shape index (κ3) is 3.02. The predicted octanol–water partition coefficient (Wildman–Crippen LogP) is 4.45. The van der Waals surface area contributed by atoms with Crippen molar-refractivity contribution in [3.8, 4) is 0 Å². The van der Waals surface area contributed by atoms with Gasteiger partial charge in [-0.1, -0.05) is 24.3 Å². The molecule has 0 saturated carbocycles. The van der Waals surface area contributed by atoms with E-state index in [1.807, 2.05) is 19.9 Å². The van der Waals surface area contributed by atoms with Crippen molar-refractivity contribution in [2.75, 3.05) is 0 Å². The van der Waals surface area contributed by atoms with Crippen LogP contribution in [-0.2, 0) is 17.9 Å². The summed E-state index contributed by atoms with van der Waals surface area (Å²) in [6, 6.07) is 14.7. The van der Waals surface area contributed by atoms with Crippen LogP contribution in [0.25, 0.3) is 21.8 Å². The molecule has 0 spiro atoms. The molecule has 0 saturated heterocycles. The van der Waals surface area contributed by atoms with Gasteiger partial charge in [-0.15, -0.1) is 0 Å². The summed E-state index contributed by atoms with van der Waals surface area (Å²) in [5.74, 6) is 0. The van der Waals surface area contributed by atoms with Gasteiger partial charge < -0.3 is 14.6 Å². The lowest BCUT2D eigenvalue weighted by Gasteiger charge is -2.09. The van der Waals surface area contributed by atoms with Crippen molar-refractivity contribution in [3.63, 3.8) is 0 Å². The first-order valence-corrected chi connectivity index (χ1v) is 8.03. The summed E-state index contributed by atoms with van der Waals surface area (Å²) in [5.41, 5.74) is 3.44. The number of nitrogens with one attached hydrogen (secondary N) is 1. The highest BCUT2D eigenvalue weighted by molar-refractivity contribution is 6.08. The van der Waals surface area contributed by atoms with Gasteiger partial charge in [-0.2, -0.15) is 0 Å². The molecule has 4 heteroatoms. The molecule has 2 aromatic carbocycles. The molecule has 0 aliphatic rings. The highest BCUT2D eigenvalue weighted by atomic mass is 16.5. The van der Waals surface area contributed by atoms with Crippen LogP contribution in [0.15, 0.2) is 42.5 Å². The van der Waals surface area contributed by atoms with Gasteiger partial charge in [0.1, 0.15) is 6.61 Å². The van der Waals surface area contributed by atoms with Crippen LogP contribution in [0.4, 0.5) is 4.79 Å². The van der Waals surface area contributed by atoms with E-state index in [1.54, 1.807) is 0 Å². The number of carbonyl (C=O) groups is 1. The molecule has 4 nitrogen and oxygen atoms in total. The number of ether oxygens (including phenoxy) is 1. The topological polar surface area (TPSA) is 43.3 Å². The number of hydrogen-bond donors (Lipinski definition) is 1. The second-order valence-corrected chi connectivity index (χ2v) is 5.99. The predicted molar refractivity (Wildman–Crippen MR) is 93.6 cm³/mol. The molecule has 1 heterocycles. The summed E-state index contributed by atoms with van der Waals surface area (Å²) < 4.78 is 7.58. The van der Waals surface area contributed by atoms with E-state index in [9.17, 15) is 4.79 Å². The standard InChI is InChI=1S/C19H22N2O2/c1-4-21-17-8-6-5-7-15(17)16-11-14(9-10-18(16)21)12-23-19(22)20-13(2)3/h5-11,13H,4,12H2,1-3H3,(H,20,22). The van der Waals surface area contributed by atoms with Crippen LogP contribution in [0, 0.1) is 0 Å². The lowest BCUT2D eigenvalue weighted by Crippen LogP contribution is -2.30. The van der Waals surface area contributed by atoms with Crippen LogP contribution >= 0.6 is 0 Å². The zero-order chi connectivity index (χ0) is 16.4. The van der Waals surface area contributed by atoms with Crippen LogP contribution in [0.3, 0.4) is 0 Å². The number of aromatic nitrogens is 1. The van der Waals surface area contributed by atoms with E-state index in [0.717, 1.165) is 12.1 Å². The number of nitrogens with zero attached hydrogens (tertiary/aromatic N) is 1. The van der Waals surface area contributed by atoms with E-state index in [0.29, 0.717) is 0 Å². The Labute approximate surface area is 136 Å². The lowest BCUT2D eigenvalue weighted by molar-refractivity contribution is 0.137. The molecule has 0 aliphatic heterocycles. The van der Waals surface area contributed by atoms with E-state index >= 15 is 0 Å². The van der Waals surface area contributed by atoms with Gasteiger partial charge >= 0.3 is 6.09 Å². The van der Waals surface area contributed by atoms with Crippen LogP contribution in [0.1, 0.15) is 26.3 Å². The van der Waals surface area contributed by atoms with E-state index in [1.165, 1.54) is 21.8 Å². The maximum absolute atomic E-state index is 11.6. The third-order valence-corrected chi connectivity index (χ3v) is 3.93. The minimum Gasteiger partial charge on any atom is -0.445 e. The summed E-state index contributed by atoms with van der Waals surface area (Å²) in [5, 5.41) is 5.16. The van der Waals surface area contributed by atoms with E-state index in [4.69, 9.17) is 4.74 Å². The van der Waals surface area contributed by atoms with E-state index in [2.05, 4.69) is 53.2 Å². The zero-order valence-electron chi connectivity index (χ0n) is 13.8. The minimum absolute atomic E-state index is 0.0764. The molecule has 23 heavy (non-hydrogen) atoms. The first-order chi connectivity index (χ1) is 11.1. The smallest absolute Gasteiger partial charge is 0.407 e. The average Bonchev–Trinajstić information content (AvgIpc) is 2.85. The van der Waals surface area contributed by atoms with Gasteiger partial charge in [-0.05, 0) is 44.5 Å². The summed E-state index contributed by atoms with van der Waals surface area (Å²) in [4.78, 5) is 11.6. The first kappa shape index (κ1) is 15.4. The van der Waals surface area contributed by atoms with Crippen LogP contribution in [0.2, 0.25) is 0 Å². The summed E-state index contributed by atoms with van der Waals surface area (Å²) in [6.07, 6.45) is -0.379. The fourth-order valence-corrected chi connectivity index (χ4v) is 2.96. The Hall–Kier alpha value is -2.49. The van der Waals surface area contributed by atoms with Gasteiger partial charge in [0.2, 0.25) is 0 Å². The number of amides is 1. The lowest BCUT2D eigenvalue weighted by atomic mass is 10.1. The quantitative estimate of drug-likeness (QED) is 0.773. The Morgan fingerprint density at radius 1 is 1.13 bits per heavy atom. The number of carbonyl (C=O) groups excluding carboxylic acids is 1. The Morgan fingerprint density at radius 3 is 2.61 bits per heavy atom. The molecule has 1 aromatic heterocycles. The molecule has 1 N–H and O–H groups in total. The van der Waals surface area contributed by atoms with Gasteiger partial charge in [0.05, 0.1) is 0 Å². The van der Waals surface area contributed by atoms with Crippen molar-refractivity contribution in [1.29, 1.82) is 0 Å². The number of benzene rings is 2. The second-order valence-electron chi connectivity index (χ2n) is 5.99. The molecule has 0 fully saturated rings. The summed E-state index contributed by atoms with van der Waals surface area (Å²) in [6.45, 7) is 7.18. The number of para-hydroxylation sites is 1. The number of fused-ring (bicyclic) bond motifs is 3. The van der Waals surface area contributed by atoms with Crippen molar-refractivity contribution >= 4 is 27.9 Å². The molecule has 0 aliphatic carbocycles. The summed E-state index contributed by atoms with van der Waals surface area (Å²) >= 11 is 0. The third-order valence-electron chi connectivity index (χ3n) is 3.93. The first-order valence-electron chi connectivity index (χ1n) is 8.03. The largest absolute Gasteiger partial charge is 0.445 e. The molecule has 0 bridgehead atoms. The van der Waals surface area contributed by atoms with Crippen molar-refractivity contribution in [1.82, 2.24) is 9.88 Å². The molecule has 0 radical (unpaired) electrons. The molecule has 1 amide bonds. The maximum Gasteiger partial charge on any atom is 0.407 e. The van der Waals surface area contributed by atoms with Crippen molar-refractivity contribution in [3.05, 3.63) is 48.0 Å². The molecule has 3 aromatic rings. The molecular formula is C19H22N2O2. The van der Waals surface area contributed by atoms with Crippen molar-refractivity contribution in [2.45, 2.75) is 40.0 Å². The molecule has 3 rings (SSSR count). The Morgan fingerprint density at radius 2 is 1.87 bits per heavy atom. The Kier molecular flexibility index (Phi) is 4.24. The fourth-order valence-electron chi connectivity index (χ4n) is 2.96. The van der Waals surface area contributed by atoms with Crippen LogP contribution in [0.5, 0.6) is 0 Å². The van der Waals surface area contributed by atoms with Gasteiger partial charge in [0.15, 0.2) is 0 Å². The van der Waals surface area contributed by atoms with Gasteiger partial charge in [-0.25, -0.2) is 4.79 Å². The highest BCUT2D eigenvalue weighted by Gasteiger charge is 2.10. The van der Waals surface area contributed by atoms with Gasteiger partial charge in [-0.3, -0.25) is 0 Å². The molecule has 120 valence electrons. The molecule has 0 unspecified atom stereocenters. The summed E-state index contributed by atoms with van der Waals surface area (Å²) in [7, 11) is 0. The van der Waals surface area contributed by atoms with Crippen molar-refractivity contribution in [2.24, 2.45) is 0 Å². The zero-order valence-corrected chi connectivity index (χ0v) is 13.8. The monoisotopic (exact) mass is 310 g/mol. The average molecular weight is 310 g/mol. The van der Waals surface area contributed by atoms with Gasteiger partial charge in [0.25, 0.3) is 0 Å². The Balaban J connectivity index is 1.93. The Bertz CT molecular complexity index is 849. The molecule has 0 atom stereocenters. The van der Waals surface area contributed by atoms with Crippen LogP contribution < -0.4 is 5.32 Å². The van der Waals surface area contributed by atoms with Gasteiger partial charge in [0, 0.05) is 34.4 Å². The highest BCUT2D eigenvalue weighted by Crippen LogP contribution is 2.29. The minimum atomic E-state index is -0.379. The normalized spacial score (nSPS) is 11.3. The fraction of sp³-hybridized carbons (Fsp3) is 0.316. The number of alkyl carbamates (subject to hydrolysis) is 1. The van der Waals surface area contributed by atoms with Crippen molar-refractivity contribution < 1.29 is 9.53 Å². The van der Waals surface area contributed by atoms with E-state index < -0.39 is 0 Å². The molecular weight excluding hydrogens is 288 g/mol. The SMILES string of the molecule is CCn1c2ccccc2c2cc(COC(=O)NC(C)C)ccc21. The van der Waals surface area contributed by atoms with E-state index in [-0.39, 0.29) is 18.7 Å². The number of aryl methyl sites for hydroxylation is 1. The van der Waals surface area contributed by atoms with Crippen LogP contribution in [-0.4, -0.2) is 16.7 Å².